The Morgan fingerprint density at radius 2 is 1.50 bits per heavy atom. The van der Waals surface area contributed by atoms with E-state index in [0.29, 0.717) is 11.3 Å². The Morgan fingerprint density at radius 3 is 2.13 bits per heavy atom. The first-order valence-electron chi connectivity index (χ1n) is 9.89. The van der Waals surface area contributed by atoms with Gasteiger partial charge in [-0.25, -0.2) is 0 Å². The zero-order valence-corrected chi connectivity index (χ0v) is 17.4. The number of anilines is 1. The zero-order valence-electron chi connectivity index (χ0n) is 17.4. The van der Waals surface area contributed by atoms with Crippen molar-refractivity contribution in [1.29, 1.82) is 0 Å². The van der Waals surface area contributed by atoms with Gasteiger partial charge in [-0.3, -0.25) is 9.59 Å². The molecular formula is C25H26N2O3. The highest BCUT2D eigenvalue weighted by molar-refractivity contribution is 5.96. The normalized spacial score (nSPS) is 11.4. The summed E-state index contributed by atoms with van der Waals surface area (Å²) in [7, 11) is 0. The molecule has 0 aliphatic rings. The number of benzene rings is 3. The summed E-state index contributed by atoms with van der Waals surface area (Å²) in [5.74, 6) is 0.308. The van der Waals surface area contributed by atoms with Crippen molar-refractivity contribution in [2.75, 3.05) is 11.9 Å². The largest absolute Gasteiger partial charge is 0.483 e. The van der Waals surface area contributed by atoms with Crippen LogP contribution in [0.2, 0.25) is 0 Å². The average molecular weight is 402 g/mol. The van der Waals surface area contributed by atoms with E-state index in [1.54, 1.807) is 24.3 Å². The Bertz CT molecular complexity index is 994. The molecule has 0 spiro atoms. The van der Waals surface area contributed by atoms with Gasteiger partial charge in [0.15, 0.2) is 6.61 Å². The predicted molar refractivity (Wildman–Crippen MR) is 119 cm³/mol. The van der Waals surface area contributed by atoms with Crippen molar-refractivity contribution in [3.8, 4) is 5.75 Å². The third kappa shape index (κ3) is 5.47. The Morgan fingerprint density at radius 1 is 0.867 bits per heavy atom. The summed E-state index contributed by atoms with van der Waals surface area (Å²) in [5, 5.41) is 5.76. The molecule has 5 heteroatoms. The molecule has 0 heterocycles. The van der Waals surface area contributed by atoms with Crippen LogP contribution in [0.1, 0.15) is 40.0 Å². The number of nitrogens with one attached hydrogen (secondary N) is 2. The lowest BCUT2D eigenvalue weighted by Crippen LogP contribution is -2.26. The van der Waals surface area contributed by atoms with Crippen LogP contribution in [0.25, 0.3) is 0 Å². The molecule has 2 amide bonds. The highest BCUT2D eigenvalue weighted by Crippen LogP contribution is 2.22. The monoisotopic (exact) mass is 402 g/mol. The molecule has 0 saturated heterocycles. The first-order chi connectivity index (χ1) is 14.4. The Hall–Kier alpha value is -3.60. The second kappa shape index (κ2) is 9.74. The molecule has 2 N–H and O–H groups in total. The quantitative estimate of drug-likeness (QED) is 0.596. The molecule has 0 aliphatic carbocycles. The van der Waals surface area contributed by atoms with E-state index in [1.165, 1.54) is 0 Å². The minimum Gasteiger partial charge on any atom is -0.483 e. The van der Waals surface area contributed by atoms with Gasteiger partial charge in [-0.2, -0.15) is 0 Å². The van der Waals surface area contributed by atoms with Gasteiger partial charge in [0.2, 0.25) is 0 Å². The smallest absolute Gasteiger partial charge is 0.262 e. The van der Waals surface area contributed by atoms with Crippen molar-refractivity contribution in [3.05, 3.63) is 95.1 Å². The number of para-hydroxylation sites is 1. The number of rotatable bonds is 7. The standard InChI is InChI=1S/C25H26N2O3/c1-17-8-7-9-18(2)24(17)30-16-23(28)27-22-14-12-21(13-15-22)25(29)26-19(3)20-10-5-4-6-11-20/h4-15,19H,16H2,1-3H3,(H,26,29)(H,27,28). The summed E-state index contributed by atoms with van der Waals surface area (Å²) >= 11 is 0. The third-order valence-electron chi connectivity index (χ3n) is 4.83. The van der Waals surface area contributed by atoms with Crippen LogP contribution >= 0.6 is 0 Å². The fourth-order valence-corrected chi connectivity index (χ4v) is 3.17. The molecule has 1 unspecified atom stereocenters. The van der Waals surface area contributed by atoms with E-state index in [1.807, 2.05) is 69.3 Å². The van der Waals surface area contributed by atoms with Gasteiger partial charge < -0.3 is 15.4 Å². The Balaban J connectivity index is 1.53. The second-order valence-electron chi connectivity index (χ2n) is 7.24. The molecule has 0 fully saturated rings. The summed E-state index contributed by atoms with van der Waals surface area (Å²) in [6.07, 6.45) is 0. The maximum atomic E-state index is 12.5. The molecule has 0 aromatic heterocycles. The lowest BCUT2D eigenvalue weighted by atomic mass is 10.1. The van der Waals surface area contributed by atoms with Gasteiger partial charge in [0.25, 0.3) is 11.8 Å². The fourth-order valence-electron chi connectivity index (χ4n) is 3.17. The first-order valence-corrected chi connectivity index (χ1v) is 9.89. The second-order valence-corrected chi connectivity index (χ2v) is 7.24. The molecule has 0 saturated carbocycles. The molecule has 5 nitrogen and oxygen atoms in total. The van der Waals surface area contributed by atoms with Crippen molar-refractivity contribution >= 4 is 17.5 Å². The van der Waals surface area contributed by atoms with Crippen LogP contribution in [-0.4, -0.2) is 18.4 Å². The number of hydrogen-bond acceptors (Lipinski definition) is 3. The van der Waals surface area contributed by atoms with Gasteiger partial charge in [-0.1, -0.05) is 48.5 Å². The van der Waals surface area contributed by atoms with Gasteiger partial charge in [0, 0.05) is 11.3 Å². The average Bonchev–Trinajstić information content (AvgIpc) is 2.74. The summed E-state index contributed by atoms with van der Waals surface area (Å²) in [5.41, 5.74) is 4.16. The third-order valence-corrected chi connectivity index (χ3v) is 4.83. The molecule has 154 valence electrons. The number of carbonyl (C=O) groups excluding carboxylic acids is 2. The van der Waals surface area contributed by atoms with Crippen LogP contribution in [-0.2, 0) is 4.79 Å². The fraction of sp³-hybridized carbons (Fsp3) is 0.200. The summed E-state index contributed by atoms with van der Waals surface area (Å²) < 4.78 is 5.67. The van der Waals surface area contributed by atoms with Crippen LogP contribution in [0.4, 0.5) is 5.69 Å². The summed E-state index contributed by atoms with van der Waals surface area (Å²) in [4.78, 5) is 24.7. The van der Waals surface area contributed by atoms with E-state index in [2.05, 4.69) is 10.6 Å². The van der Waals surface area contributed by atoms with E-state index in [0.717, 1.165) is 22.4 Å². The first kappa shape index (κ1) is 21.1. The minimum atomic E-state index is -0.257. The topological polar surface area (TPSA) is 67.4 Å². The molecule has 1 atom stereocenters. The van der Waals surface area contributed by atoms with Crippen molar-refractivity contribution in [1.82, 2.24) is 5.32 Å². The van der Waals surface area contributed by atoms with Crippen molar-refractivity contribution in [3.63, 3.8) is 0 Å². The van der Waals surface area contributed by atoms with Crippen LogP contribution in [0.15, 0.2) is 72.8 Å². The molecular weight excluding hydrogens is 376 g/mol. The van der Waals surface area contributed by atoms with Crippen molar-refractivity contribution in [2.24, 2.45) is 0 Å². The maximum Gasteiger partial charge on any atom is 0.262 e. The maximum absolute atomic E-state index is 12.5. The molecule has 0 radical (unpaired) electrons. The van der Waals surface area contributed by atoms with E-state index in [-0.39, 0.29) is 24.5 Å². The van der Waals surface area contributed by atoms with Gasteiger partial charge in [-0.05, 0) is 61.7 Å². The molecule has 0 bridgehead atoms. The van der Waals surface area contributed by atoms with Crippen LogP contribution in [0.3, 0.4) is 0 Å². The van der Waals surface area contributed by atoms with Gasteiger partial charge in [-0.15, -0.1) is 0 Å². The molecule has 30 heavy (non-hydrogen) atoms. The highest BCUT2D eigenvalue weighted by atomic mass is 16.5. The number of ether oxygens (including phenoxy) is 1. The summed E-state index contributed by atoms with van der Waals surface area (Å²) in [6.45, 7) is 5.76. The van der Waals surface area contributed by atoms with E-state index >= 15 is 0 Å². The number of amides is 2. The number of hydrogen-bond donors (Lipinski definition) is 2. The molecule has 3 aromatic carbocycles. The lowest BCUT2D eigenvalue weighted by Gasteiger charge is -2.14. The van der Waals surface area contributed by atoms with Gasteiger partial charge in [0.05, 0.1) is 6.04 Å². The van der Waals surface area contributed by atoms with E-state index < -0.39 is 0 Å². The molecule has 0 aliphatic heterocycles. The Labute approximate surface area is 177 Å². The number of aryl methyl sites for hydroxylation is 2. The molecule has 3 rings (SSSR count). The predicted octanol–water partition coefficient (Wildman–Crippen LogP) is 4.81. The van der Waals surface area contributed by atoms with Crippen LogP contribution < -0.4 is 15.4 Å². The van der Waals surface area contributed by atoms with Crippen LogP contribution in [0.5, 0.6) is 5.75 Å². The summed E-state index contributed by atoms with van der Waals surface area (Å²) in [6, 6.07) is 22.3. The van der Waals surface area contributed by atoms with Gasteiger partial charge in [0.1, 0.15) is 5.75 Å². The highest BCUT2D eigenvalue weighted by Gasteiger charge is 2.12. The molecule has 3 aromatic rings. The zero-order chi connectivity index (χ0) is 21.5. The van der Waals surface area contributed by atoms with Crippen LogP contribution in [0, 0.1) is 13.8 Å². The Kier molecular flexibility index (Phi) is 6.86. The minimum absolute atomic E-state index is 0.0808. The van der Waals surface area contributed by atoms with Crippen molar-refractivity contribution in [2.45, 2.75) is 26.8 Å². The van der Waals surface area contributed by atoms with Crippen molar-refractivity contribution < 1.29 is 14.3 Å². The number of carbonyl (C=O) groups is 2. The lowest BCUT2D eigenvalue weighted by molar-refractivity contribution is -0.118. The van der Waals surface area contributed by atoms with Gasteiger partial charge >= 0.3 is 0 Å². The van der Waals surface area contributed by atoms with E-state index in [4.69, 9.17) is 4.74 Å². The SMILES string of the molecule is Cc1cccc(C)c1OCC(=O)Nc1ccc(C(=O)NC(C)c2ccccc2)cc1. The van der Waals surface area contributed by atoms with E-state index in [9.17, 15) is 9.59 Å².